The van der Waals surface area contributed by atoms with Gasteiger partial charge in [0.05, 0.1) is 13.2 Å². The predicted molar refractivity (Wildman–Crippen MR) is 72.7 cm³/mol. The molecule has 0 spiro atoms. The quantitative estimate of drug-likeness (QED) is 0.862. The van der Waals surface area contributed by atoms with Crippen LogP contribution in [0.5, 0.6) is 5.75 Å². The van der Waals surface area contributed by atoms with Crippen molar-refractivity contribution in [2.45, 2.75) is 26.4 Å². The summed E-state index contributed by atoms with van der Waals surface area (Å²) in [5.41, 5.74) is 2.25. The van der Waals surface area contributed by atoms with E-state index in [9.17, 15) is 4.79 Å². The molecule has 0 heterocycles. The third-order valence-corrected chi connectivity index (χ3v) is 2.85. The van der Waals surface area contributed by atoms with Gasteiger partial charge in [-0.05, 0) is 19.9 Å². The lowest BCUT2D eigenvalue weighted by Crippen LogP contribution is -2.41. The van der Waals surface area contributed by atoms with Gasteiger partial charge in [-0.25, -0.2) is 0 Å². The molecule has 0 fully saturated rings. The molecule has 1 rings (SSSR count). The van der Waals surface area contributed by atoms with Crippen molar-refractivity contribution >= 4 is 5.91 Å². The van der Waals surface area contributed by atoms with Crippen molar-refractivity contribution in [3.8, 4) is 5.75 Å². The lowest BCUT2D eigenvalue weighted by Gasteiger charge is -2.19. The largest absolute Gasteiger partial charge is 0.496 e. The van der Waals surface area contributed by atoms with Crippen LogP contribution >= 0.6 is 0 Å². The number of amides is 1. The van der Waals surface area contributed by atoms with E-state index < -0.39 is 0 Å². The average Bonchev–Trinajstić information content (AvgIpc) is 2.35. The van der Waals surface area contributed by atoms with Crippen LogP contribution in [0.25, 0.3) is 0 Å². The first-order valence-electron chi connectivity index (χ1n) is 6.03. The molecule has 1 N–H and O–H groups in total. The first kappa shape index (κ1) is 14.5. The van der Waals surface area contributed by atoms with E-state index in [1.165, 1.54) is 5.56 Å². The van der Waals surface area contributed by atoms with Crippen molar-refractivity contribution in [2.75, 3.05) is 21.2 Å². The highest BCUT2D eigenvalue weighted by Crippen LogP contribution is 2.19. The van der Waals surface area contributed by atoms with Gasteiger partial charge in [-0.15, -0.1) is 0 Å². The van der Waals surface area contributed by atoms with Crippen molar-refractivity contribution in [3.63, 3.8) is 0 Å². The number of benzene rings is 1. The number of rotatable bonds is 5. The average molecular weight is 250 g/mol. The Hall–Kier alpha value is -1.55. The van der Waals surface area contributed by atoms with Crippen LogP contribution in [-0.2, 0) is 11.3 Å². The maximum absolute atomic E-state index is 11.7. The van der Waals surface area contributed by atoms with Crippen LogP contribution in [0.15, 0.2) is 18.2 Å². The van der Waals surface area contributed by atoms with Crippen molar-refractivity contribution < 1.29 is 9.53 Å². The Bertz CT molecular complexity index is 416. The summed E-state index contributed by atoms with van der Waals surface area (Å²) >= 11 is 0. The molecule has 1 aromatic carbocycles. The number of carbonyl (C=O) groups is 1. The summed E-state index contributed by atoms with van der Waals surface area (Å²) in [6.07, 6.45) is 0. The van der Waals surface area contributed by atoms with Crippen molar-refractivity contribution in [2.24, 2.45) is 0 Å². The lowest BCUT2D eigenvalue weighted by atomic mass is 10.1. The van der Waals surface area contributed by atoms with Gasteiger partial charge in [0.2, 0.25) is 5.91 Å². The SMILES string of the molecule is COc1ccc(C)cc1CNC(C)C(=O)N(C)C. The third-order valence-electron chi connectivity index (χ3n) is 2.85. The monoisotopic (exact) mass is 250 g/mol. The molecule has 18 heavy (non-hydrogen) atoms. The lowest BCUT2D eigenvalue weighted by molar-refractivity contribution is -0.130. The molecule has 0 aliphatic heterocycles. The molecule has 0 saturated heterocycles. The molecule has 1 aromatic rings. The number of hydrogen-bond donors (Lipinski definition) is 1. The molecule has 1 amide bonds. The zero-order chi connectivity index (χ0) is 13.7. The summed E-state index contributed by atoms with van der Waals surface area (Å²) in [5.74, 6) is 0.916. The Balaban J connectivity index is 2.68. The van der Waals surface area contributed by atoms with Gasteiger partial charge in [0, 0.05) is 26.2 Å². The zero-order valence-electron chi connectivity index (χ0n) is 11.8. The molecule has 100 valence electrons. The summed E-state index contributed by atoms with van der Waals surface area (Å²) in [5, 5.41) is 3.21. The summed E-state index contributed by atoms with van der Waals surface area (Å²) in [7, 11) is 5.17. The van der Waals surface area contributed by atoms with Gasteiger partial charge in [-0.3, -0.25) is 4.79 Å². The molecule has 0 saturated carbocycles. The van der Waals surface area contributed by atoms with Crippen LogP contribution < -0.4 is 10.1 Å². The zero-order valence-corrected chi connectivity index (χ0v) is 11.8. The number of ether oxygens (including phenoxy) is 1. The first-order chi connectivity index (χ1) is 8.45. The van der Waals surface area contributed by atoms with Gasteiger partial charge < -0.3 is 15.0 Å². The topological polar surface area (TPSA) is 41.6 Å². The molecule has 1 unspecified atom stereocenters. The van der Waals surface area contributed by atoms with E-state index in [4.69, 9.17) is 4.74 Å². The molecule has 0 aliphatic carbocycles. The maximum atomic E-state index is 11.7. The molecular formula is C14H22N2O2. The standard InChI is InChI=1S/C14H22N2O2/c1-10-6-7-13(18-5)12(8-10)9-15-11(2)14(17)16(3)4/h6-8,11,15H,9H2,1-5H3. The van der Waals surface area contributed by atoms with Gasteiger partial charge in [-0.1, -0.05) is 17.7 Å². The fourth-order valence-electron chi connectivity index (χ4n) is 1.78. The Morgan fingerprint density at radius 1 is 1.44 bits per heavy atom. The van der Waals surface area contributed by atoms with E-state index >= 15 is 0 Å². The van der Waals surface area contributed by atoms with Crippen LogP contribution in [0.4, 0.5) is 0 Å². The Morgan fingerprint density at radius 2 is 2.11 bits per heavy atom. The summed E-state index contributed by atoms with van der Waals surface area (Å²) < 4.78 is 5.31. The van der Waals surface area contributed by atoms with E-state index in [0.717, 1.165) is 11.3 Å². The number of aryl methyl sites for hydroxylation is 1. The van der Waals surface area contributed by atoms with E-state index in [1.807, 2.05) is 26.0 Å². The minimum Gasteiger partial charge on any atom is -0.496 e. The molecule has 0 radical (unpaired) electrons. The number of methoxy groups -OCH3 is 1. The van der Waals surface area contributed by atoms with Crippen molar-refractivity contribution in [3.05, 3.63) is 29.3 Å². The Morgan fingerprint density at radius 3 is 2.67 bits per heavy atom. The van der Waals surface area contributed by atoms with Gasteiger partial charge in [0.15, 0.2) is 0 Å². The fraction of sp³-hybridized carbons (Fsp3) is 0.500. The number of nitrogens with one attached hydrogen (secondary N) is 1. The van der Waals surface area contributed by atoms with Gasteiger partial charge >= 0.3 is 0 Å². The molecule has 1 atom stereocenters. The maximum Gasteiger partial charge on any atom is 0.238 e. The highest BCUT2D eigenvalue weighted by molar-refractivity contribution is 5.80. The Kier molecular flexibility index (Phi) is 5.16. The Labute approximate surface area is 109 Å². The smallest absolute Gasteiger partial charge is 0.238 e. The number of hydrogen-bond acceptors (Lipinski definition) is 3. The van der Waals surface area contributed by atoms with Crippen molar-refractivity contribution in [1.29, 1.82) is 0 Å². The van der Waals surface area contributed by atoms with E-state index in [0.29, 0.717) is 6.54 Å². The summed E-state index contributed by atoms with van der Waals surface area (Å²) in [6.45, 7) is 4.52. The second kappa shape index (κ2) is 6.40. The molecule has 4 heteroatoms. The first-order valence-corrected chi connectivity index (χ1v) is 6.03. The number of likely N-dealkylation sites (N-methyl/N-ethyl adjacent to an activating group) is 1. The number of nitrogens with zero attached hydrogens (tertiary/aromatic N) is 1. The van der Waals surface area contributed by atoms with Crippen molar-refractivity contribution in [1.82, 2.24) is 10.2 Å². The van der Waals surface area contributed by atoms with E-state index in [1.54, 1.807) is 26.1 Å². The second-order valence-electron chi connectivity index (χ2n) is 4.65. The minimum absolute atomic E-state index is 0.0709. The highest BCUT2D eigenvalue weighted by atomic mass is 16.5. The number of carbonyl (C=O) groups excluding carboxylic acids is 1. The fourth-order valence-corrected chi connectivity index (χ4v) is 1.78. The second-order valence-corrected chi connectivity index (χ2v) is 4.65. The predicted octanol–water partition coefficient (Wildman–Crippen LogP) is 1.57. The molecule has 0 aromatic heterocycles. The normalized spacial score (nSPS) is 12.1. The summed E-state index contributed by atoms with van der Waals surface area (Å²) in [4.78, 5) is 13.3. The van der Waals surface area contributed by atoms with Crippen LogP contribution in [0.2, 0.25) is 0 Å². The third kappa shape index (κ3) is 3.74. The highest BCUT2D eigenvalue weighted by Gasteiger charge is 2.14. The van der Waals surface area contributed by atoms with Gasteiger partial charge in [-0.2, -0.15) is 0 Å². The van der Waals surface area contributed by atoms with E-state index in [2.05, 4.69) is 11.4 Å². The minimum atomic E-state index is -0.204. The molecule has 0 bridgehead atoms. The van der Waals surface area contributed by atoms with Crippen LogP contribution in [0, 0.1) is 6.92 Å². The molecule has 4 nitrogen and oxygen atoms in total. The van der Waals surface area contributed by atoms with Crippen LogP contribution in [0.3, 0.4) is 0 Å². The molecular weight excluding hydrogens is 228 g/mol. The van der Waals surface area contributed by atoms with Gasteiger partial charge in [0.25, 0.3) is 0 Å². The van der Waals surface area contributed by atoms with Gasteiger partial charge in [0.1, 0.15) is 5.75 Å². The van der Waals surface area contributed by atoms with E-state index in [-0.39, 0.29) is 11.9 Å². The summed E-state index contributed by atoms with van der Waals surface area (Å²) in [6, 6.07) is 5.82. The van der Waals surface area contributed by atoms with Crippen LogP contribution in [0.1, 0.15) is 18.1 Å². The molecule has 0 aliphatic rings. The van der Waals surface area contributed by atoms with Crippen LogP contribution in [-0.4, -0.2) is 38.1 Å².